The number of carbonyl (C=O) groups excluding carboxylic acids is 2. The van der Waals surface area contributed by atoms with Crippen molar-refractivity contribution in [1.82, 2.24) is 5.32 Å². The van der Waals surface area contributed by atoms with Crippen LogP contribution in [-0.2, 0) is 0 Å². The van der Waals surface area contributed by atoms with Gasteiger partial charge in [-0.15, -0.1) is 0 Å². The summed E-state index contributed by atoms with van der Waals surface area (Å²) in [5.74, 6) is 0.931. The Morgan fingerprint density at radius 3 is 2.55 bits per heavy atom. The number of carbonyl (C=O) groups is 2. The largest absolute Gasteiger partial charge is 0.466 e. The van der Waals surface area contributed by atoms with Crippen LogP contribution in [0.1, 0.15) is 45.1 Å². The quantitative estimate of drug-likeness (QED) is 0.911. The molecule has 1 aliphatic carbocycles. The molecule has 1 saturated carbocycles. The summed E-state index contributed by atoms with van der Waals surface area (Å²) in [5, 5.41) is 5.73. The van der Waals surface area contributed by atoms with Gasteiger partial charge in [-0.3, -0.25) is 9.59 Å². The summed E-state index contributed by atoms with van der Waals surface area (Å²) in [5.41, 5.74) is 1.64. The van der Waals surface area contributed by atoms with Gasteiger partial charge >= 0.3 is 0 Å². The van der Waals surface area contributed by atoms with Gasteiger partial charge in [-0.25, -0.2) is 0 Å². The summed E-state index contributed by atoms with van der Waals surface area (Å²) in [4.78, 5) is 24.3. The average Bonchev–Trinajstić information content (AvgIpc) is 3.22. The molecule has 0 saturated heterocycles. The van der Waals surface area contributed by atoms with Gasteiger partial charge in [0.25, 0.3) is 11.8 Å². The summed E-state index contributed by atoms with van der Waals surface area (Å²) in [6.07, 6.45) is 2.09. The van der Waals surface area contributed by atoms with Gasteiger partial charge in [-0.2, -0.15) is 0 Å². The SMILES string of the molecule is Cc1cc(C(=O)Nc2cccc(C(=O)NC3CC3)c2)c(C)o1. The van der Waals surface area contributed by atoms with Gasteiger partial charge in [-0.05, 0) is 51.0 Å². The first-order valence-corrected chi connectivity index (χ1v) is 7.32. The predicted molar refractivity (Wildman–Crippen MR) is 83.1 cm³/mol. The molecule has 0 radical (unpaired) electrons. The highest BCUT2D eigenvalue weighted by Gasteiger charge is 2.24. The van der Waals surface area contributed by atoms with Crippen molar-refractivity contribution in [2.45, 2.75) is 32.7 Å². The van der Waals surface area contributed by atoms with E-state index in [9.17, 15) is 9.59 Å². The van der Waals surface area contributed by atoms with Crippen LogP contribution in [0.15, 0.2) is 34.7 Å². The average molecular weight is 298 g/mol. The molecule has 2 aromatic rings. The van der Waals surface area contributed by atoms with Crippen LogP contribution in [0.5, 0.6) is 0 Å². The van der Waals surface area contributed by atoms with E-state index >= 15 is 0 Å². The normalized spacial score (nSPS) is 13.7. The molecule has 2 amide bonds. The zero-order valence-corrected chi connectivity index (χ0v) is 12.6. The molecule has 0 unspecified atom stereocenters. The number of hydrogen-bond donors (Lipinski definition) is 2. The van der Waals surface area contributed by atoms with E-state index in [1.165, 1.54) is 0 Å². The fourth-order valence-corrected chi connectivity index (χ4v) is 2.29. The zero-order chi connectivity index (χ0) is 15.7. The van der Waals surface area contributed by atoms with Crippen molar-refractivity contribution in [1.29, 1.82) is 0 Å². The first-order chi connectivity index (χ1) is 10.5. The van der Waals surface area contributed by atoms with E-state index < -0.39 is 0 Å². The second kappa shape index (κ2) is 5.67. The Labute approximate surface area is 128 Å². The standard InChI is InChI=1S/C17H18N2O3/c1-10-8-15(11(2)22-10)17(21)19-14-5-3-4-12(9-14)16(20)18-13-6-7-13/h3-5,8-9,13H,6-7H2,1-2H3,(H,18,20)(H,19,21). The summed E-state index contributed by atoms with van der Waals surface area (Å²) in [7, 11) is 0. The van der Waals surface area contributed by atoms with Crippen LogP contribution in [0.3, 0.4) is 0 Å². The highest BCUT2D eigenvalue weighted by Crippen LogP contribution is 2.20. The molecule has 22 heavy (non-hydrogen) atoms. The van der Waals surface area contributed by atoms with Gasteiger partial charge in [0.05, 0.1) is 5.56 Å². The van der Waals surface area contributed by atoms with Gasteiger partial charge in [0, 0.05) is 17.3 Å². The lowest BCUT2D eigenvalue weighted by Crippen LogP contribution is -2.25. The van der Waals surface area contributed by atoms with Crippen LogP contribution < -0.4 is 10.6 Å². The fraction of sp³-hybridized carbons (Fsp3) is 0.294. The Morgan fingerprint density at radius 2 is 1.91 bits per heavy atom. The van der Waals surface area contributed by atoms with Crippen molar-refractivity contribution in [2.75, 3.05) is 5.32 Å². The van der Waals surface area contributed by atoms with Crippen LogP contribution in [0.4, 0.5) is 5.69 Å². The van der Waals surface area contributed by atoms with Crippen LogP contribution in [0.2, 0.25) is 0 Å². The summed E-state index contributed by atoms with van der Waals surface area (Å²) in [6, 6.07) is 8.94. The zero-order valence-electron chi connectivity index (χ0n) is 12.6. The number of rotatable bonds is 4. The Hall–Kier alpha value is -2.56. The summed E-state index contributed by atoms with van der Waals surface area (Å²) < 4.78 is 5.36. The third kappa shape index (κ3) is 3.19. The van der Waals surface area contributed by atoms with E-state index in [0.717, 1.165) is 12.8 Å². The summed E-state index contributed by atoms with van der Waals surface area (Å²) >= 11 is 0. The maximum absolute atomic E-state index is 12.2. The Bertz CT molecular complexity index is 729. The molecule has 5 nitrogen and oxygen atoms in total. The van der Waals surface area contributed by atoms with Gasteiger partial charge in [-0.1, -0.05) is 6.07 Å². The molecule has 0 bridgehead atoms. The molecule has 0 spiro atoms. The second-order valence-corrected chi connectivity index (χ2v) is 5.61. The van der Waals surface area contributed by atoms with Crippen molar-refractivity contribution >= 4 is 17.5 Å². The number of aryl methyl sites for hydroxylation is 2. The van der Waals surface area contributed by atoms with Crippen molar-refractivity contribution in [3.8, 4) is 0 Å². The van der Waals surface area contributed by atoms with E-state index in [2.05, 4.69) is 10.6 Å². The molecule has 114 valence electrons. The Balaban J connectivity index is 1.73. The Morgan fingerprint density at radius 1 is 1.14 bits per heavy atom. The fourth-order valence-electron chi connectivity index (χ4n) is 2.29. The van der Waals surface area contributed by atoms with Gasteiger partial charge in [0.15, 0.2) is 0 Å². The van der Waals surface area contributed by atoms with Crippen molar-refractivity contribution in [3.63, 3.8) is 0 Å². The third-order valence-corrected chi connectivity index (χ3v) is 3.58. The van der Waals surface area contributed by atoms with Crippen LogP contribution in [0, 0.1) is 13.8 Å². The van der Waals surface area contributed by atoms with E-state index in [1.807, 2.05) is 0 Å². The molecule has 5 heteroatoms. The number of hydrogen-bond acceptors (Lipinski definition) is 3. The monoisotopic (exact) mass is 298 g/mol. The number of amides is 2. The van der Waals surface area contributed by atoms with Gasteiger partial charge < -0.3 is 15.1 Å². The molecule has 0 atom stereocenters. The minimum Gasteiger partial charge on any atom is -0.466 e. The third-order valence-electron chi connectivity index (χ3n) is 3.58. The maximum Gasteiger partial charge on any atom is 0.259 e. The molecular weight excluding hydrogens is 280 g/mol. The van der Waals surface area contributed by atoms with Crippen molar-refractivity contribution in [2.24, 2.45) is 0 Å². The van der Waals surface area contributed by atoms with E-state index in [1.54, 1.807) is 44.2 Å². The molecular formula is C17H18N2O3. The maximum atomic E-state index is 12.2. The first-order valence-electron chi connectivity index (χ1n) is 7.32. The molecule has 1 aromatic carbocycles. The number of furan rings is 1. The van der Waals surface area contributed by atoms with Crippen molar-refractivity contribution < 1.29 is 14.0 Å². The lowest BCUT2D eigenvalue weighted by molar-refractivity contribution is 0.0949. The molecule has 1 aromatic heterocycles. The lowest BCUT2D eigenvalue weighted by Gasteiger charge is -2.07. The predicted octanol–water partition coefficient (Wildman–Crippen LogP) is 3.04. The van der Waals surface area contributed by atoms with E-state index in [4.69, 9.17) is 4.42 Å². The highest BCUT2D eigenvalue weighted by molar-refractivity contribution is 6.05. The van der Waals surface area contributed by atoms with Gasteiger partial charge in [0.1, 0.15) is 11.5 Å². The van der Waals surface area contributed by atoms with Crippen LogP contribution in [0.25, 0.3) is 0 Å². The summed E-state index contributed by atoms with van der Waals surface area (Å²) in [6.45, 7) is 3.55. The number of benzene rings is 1. The lowest BCUT2D eigenvalue weighted by atomic mass is 10.1. The van der Waals surface area contributed by atoms with E-state index in [-0.39, 0.29) is 11.8 Å². The second-order valence-electron chi connectivity index (χ2n) is 5.61. The van der Waals surface area contributed by atoms with Crippen LogP contribution >= 0.6 is 0 Å². The highest BCUT2D eigenvalue weighted by atomic mass is 16.3. The van der Waals surface area contributed by atoms with Crippen molar-refractivity contribution in [3.05, 3.63) is 53.0 Å². The smallest absolute Gasteiger partial charge is 0.259 e. The molecule has 2 N–H and O–H groups in total. The number of nitrogens with one attached hydrogen (secondary N) is 2. The molecule has 1 fully saturated rings. The molecule has 1 aliphatic rings. The number of anilines is 1. The van der Waals surface area contributed by atoms with Gasteiger partial charge in [0.2, 0.25) is 0 Å². The van der Waals surface area contributed by atoms with E-state index in [0.29, 0.717) is 34.4 Å². The molecule has 1 heterocycles. The first kappa shape index (κ1) is 14.4. The topological polar surface area (TPSA) is 71.3 Å². The minimum absolute atomic E-state index is 0.103. The Kier molecular flexibility index (Phi) is 3.71. The molecule has 3 rings (SSSR count). The minimum atomic E-state index is -0.242. The molecule has 0 aliphatic heterocycles. The van der Waals surface area contributed by atoms with Crippen LogP contribution in [-0.4, -0.2) is 17.9 Å².